The summed E-state index contributed by atoms with van der Waals surface area (Å²) in [4.78, 5) is 22.5. The minimum Gasteiger partial charge on any atom is -0.347 e. The van der Waals surface area contributed by atoms with Crippen molar-refractivity contribution in [3.63, 3.8) is 0 Å². The molecule has 1 saturated heterocycles. The molecule has 5 nitrogen and oxygen atoms in total. The lowest BCUT2D eigenvalue weighted by molar-refractivity contribution is -0.130. The molecule has 0 atom stereocenters. The number of nitrogens with one attached hydrogen (secondary N) is 1. The molecule has 1 aromatic rings. The van der Waals surface area contributed by atoms with E-state index in [1.54, 1.807) is 18.4 Å². The van der Waals surface area contributed by atoms with Crippen LogP contribution in [0.1, 0.15) is 30.7 Å². The van der Waals surface area contributed by atoms with Gasteiger partial charge in [0.1, 0.15) is 0 Å². The van der Waals surface area contributed by atoms with Crippen molar-refractivity contribution in [2.75, 3.05) is 33.2 Å². The number of carbonyl (C=O) groups is 1. The average molecular weight is 462 g/mol. The zero-order valence-electron chi connectivity index (χ0n) is 14.7. The third-order valence-corrected chi connectivity index (χ3v) is 5.77. The topological polar surface area (TPSA) is 47.9 Å². The van der Waals surface area contributed by atoms with E-state index in [1.165, 1.54) is 10.4 Å². The number of hydrogen-bond acceptors (Lipinski definition) is 3. The third-order valence-electron chi connectivity index (χ3n) is 4.75. The highest BCUT2D eigenvalue weighted by molar-refractivity contribution is 14.0. The number of halogens is 1. The van der Waals surface area contributed by atoms with E-state index >= 15 is 0 Å². The summed E-state index contributed by atoms with van der Waals surface area (Å²) < 4.78 is 0. The lowest BCUT2D eigenvalue weighted by Gasteiger charge is -2.28. The zero-order valence-corrected chi connectivity index (χ0v) is 17.8. The number of nitrogens with zero attached hydrogens (tertiary/aromatic N) is 3. The number of aliphatic imine (C=N–C) groups is 1. The average Bonchev–Trinajstić information content (AvgIpc) is 3.13. The normalized spacial score (nSPS) is 19.7. The van der Waals surface area contributed by atoms with Crippen molar-refractivity contribution in [3.05, 3.63) is 21.9 Å². The third kappa shape index (κ3) is 4.41. The van der Waals surface area contributed by atoms with Crippen molar-refractivity contribution >= 4 is 47.2 Å². The van der Waals surface area contributed by atoms with Crippen LogP contribution in [0.2, 0.25) is 0 Å². The van der Waals surface area contributed by atoms with Gasteiger partial charge in [0.15, 0.2) is 5.96 Å². The molecule has 3 rings (SSSR count). The van der Waals surface area contributed by atoms with E-state index in [2.05, 4.69) is 40.5 Å². The minimum atomic E-state index is 0. The highest BCUT2D eigenvalue weighted by Crippen LogP contribution is 2.28. The molecule has 7 heteroatoms. The van der Waals surface area contributed by atoms with Crippen LogP contribution in [0.15, 0.2) is 16.4 Å². The van der Waals surface area contributed by atoms with E-state index in [4.69, 9.17) is 0 Å². The molecule has 0 spiro atoms. The molecular formula is C17H27IN4OS. The summed E-state index contributed by atoms with van der Waals surface area (Å²) in [5, 5.41) is 5.37. The molecular weight excluding hydrogens is 435 g/mol. The van der Waals surface area contributed by atoms with Crippen LogP contribution in [0.3, 0.4) is 0 Å². The molecule has 2 aliphatic rings. The summed E-state index contributed by atoms with van der Waals surface area (Å²) in [6.45, 7) is 8.43. The molecule has 1 amide bonds. The summed E-state index contributed by atoms with van der Waals surface area (Å²) in [5.74, 6) is 0.999. The monoisotopic (exact) mass is 462 g/mol. The van der Waals surface area contributed by atoms with Crippen molar-refractivity contribution in [1.29, 1.82) is 0 Å². The predicted molar refractivity (Wildman–Crippen MR) is 110 cm³/mol. The first-order valence-corrected chi connectivity index (χ1v) is 9.15. The SMILES string of the molecule is CN=C(NCC(=O)N1CCc2sccc2C1)N1CCC(C)(C)C1.I. The Hall–Kier alpha value is -0.830. The van der Waals surface area contributed by atoms with E-state index in [0.29, 0.717) is 12.0 Å². The second kappa shape index (κ2) is 8.03. The van der Waals surface area contributed by atoms with Gasteiger partial charge in [0.25, 0.3) is 0 Å². The fraction of sp³-hybridized carbons (Fsp3) is 0.647. The van der Waals surface area contributed by atoms with E-state index in [1.807, 2.05) is 4.90 Å². The molecule has 1 N–H and O–H groups in total. The van der Waals surface area contributed by atoms with Gasteiger partial charge in [0.2, 0.25) is 5.91 Å². The Bertz CT molecular complexity index is 613. The molecule has 0 radical (unpaired) electrons. The number of fused-ring (bicyclic) bond motifs is 1. The summed E-state index contributed by atoms with van der Waals surface area (Å²) in [6.07, 6.45) is 2.14. The molecule has 1 fully saturated rings. The maximum absolute atomic E-state index is 12.5. The van der Waals surface area contributed by atoms with Crippen LogP contribution in [-0.2, 0) is 17.8 Å². The van der Waals surface area contributed by atoms with Crippen LogP contribution in [0.5, 0.6) is 0 Å². The van der Waals surface area contributed by atoms with Crippen molar-refractivity contribution in [3.8, 4) is 0 Å². The highest BCUT2D eigenvalue weighted by Gasteiger charge is 2.31. The molecule has 1 aromatic heterocycles. The maximum Gasteiger partial charge on any atom is 0.242 e. The minimum absolute atomic E-state index is 0. The number of likely N-dealkylation sites (tertiary alicyclic amines) is 1. The Morgan fingerprint density at radius 2 is 2.17 bits per heavy atom. The molecule has 2 aliphatic heterocycles. The molecule has 0 saturated carbocycles. The first kappa shape index (κ1) is 19.5. The Morgan fingerprint density at radius 3 is 2.83 bits per heavy atom. The lowest BCUT2D eigenvalue weighted by Crippen LogP contribution is -2.47. The zero-order chi connectivity index (χ0) is 16.4. The first-order valence-electron chi connectivity index (χ1n) is 8.27. The maximum atomic E-state index is 12.5. The van der Waals surface area contributed by atoms with Gasteiger partial charge in [-0.2, -0.15) is 0 Å². The fourth-order valence-electron chi connectivity index (χ4n) is 3.35. The van der Waals surface area contributed by atoms with Crippen molar-refractivity contribution in [2.24, 2.45) is 10.4 Å². The fourth-order valence-corrected chi connectivity index (χ4v) is 4.24. The Kier molecular flexibility index (Phi) is 6.52. The number of carbonyl (C=O) groups excluding carboxylic acids is 1. The molecule has 0 aliphatic carbocycles. The van der Waals surface area contributed by atoms with Crippen LogP contribution in [-0.4, -0.2) is 54.9 Å². The van der Waals surface area contributed by atoms with Crippen molar-refractivity contribution in [1.82, 2.24) is 15.1 Å². The van der Waals surface area contributed by atoms with Crippen molar-refractivity contribution < 1.29 is 4.79 Å². The Labute approximate surface area is 165 Å². The Balaban J connectivity index is 0.00000208. The van der Waals surface area contributed by atoms with Crippen LogP contribution >= 0.6 is 35.3 Å². The number of thiophene rings is 1. The molecule has 134 valence electrons. The lowest BCUT2D eigenvalue weighted by atomic mass is 9.93. The predicted octanol–water partition coefficient (Wildman–Crippen LogP) is 2.56. The number of hydrogen-bond donors (Lipinski definition) is 1. The van der Waals surface area contributed by atoms with E-state index in [0.717, 1.165) is 45.0 Å². The van der Waals surface area contributed by atoms with Gasteiger partial charge in [-0.1, -0.05) is 13.8 Å². The van der Waals surface area contributed by atoms with Gasteiger partial charge in [-0.25, -0.2) is 0 Å². The van der Waals surface area contributed by atoms with Gasteiger partial charge in [0.05, 0.1) is 6.54 Å². The van der Waals surface area contributed by atoms with Gasteiger partial charge in [-0.15, -0.1) is 35.3 Å². The summed E-state index contributed by atoms with van der Waals surface area (Å²) in [6, 6.07) is 2.14. The molecule has 3 heterocycles. The molecule has 0 aromatic carbocycles. The summed E-state index contributed by atoms with van der Waals surface area (Å²) in [5.41, 5.74) is 1.63. The smallest absolute Gasteiger partial charge is 0.242 e. The van der Waals surface area contributed by atoms with E-state index in [-0.39, 0.29) is 29.9 Å². The summed E-state index contributed by atoms with van der Waals surface area (Å²) >= 11 is 1.80. The van der Waals surface area contributed by atoms with Crippen LogP contribution in [0.4, 0.5) is 0 Å². The molecule has 0 unspecified atom stereocenters. The van der Waals surface area contributed by atoms with E-state index in [9.17, 15) is 4.79 Å². The largest absolute Gasteiger partial charge is 0.347 e. The highest BCUT2D eigenvalue weighted by atomic mass is 127. The quantitative estimate of drug-likeness (QED) is 0.418. The van der Waals surface area contributed by atoms with Crippen LogP contribution < -0.4 is 5.32 Å². The number of rotatable bonds is 2. The Morgan fingerprint density at radius 1 is 1.38 bits per heavy atom. The van der Waals surface area contributed by atoms with Crippen LogP contribution in [0.25, 0.3) is 0 Å². The van der Waals surface area contributed by atoms with Gasteiger partial charge in [-0.05, 0) is 35.3 Å². The van der Waals surface area contributed by atoms with Gasteiger partial charge >= 0.3 is 0 Å². The molecule has 24 heavy (non-hydrogen) atoms. The van der Waals surface area contributed by atoms with Gasteiger partial charge < -0.3 is 15.1 Å². The summed E-state index contributed by atoms with van der Waals surface area (Å²) in [7, 11) is 1.79. The second-order valence-corrected chi connectivity index (χ2v) is 8.17. The van der Waals surface area contributed by atoms with Gasteiger partial charge in [0, 0.05) is 38.1 Å². The second-order valence-electron chi connectivity index (χ2n) is 7.17. The number of amides is 1. The molecule has 0 bridgehead atoms. The first-order chi connectivity index (χ1) is 11.0. The van der Waals surface area contributed by atoms with Gasteiger partial charge in [-0.3, -0.25) is 9.79 Å². The standard InChI is InChI=1S/C17H26N4OS.HI/c1-17(2)6-8-21(12-17)16(18-3)19-10-15(22)20-7-4-14-13(11-20)5-9-23-14;/h5,9H,4,6-8,10-12H2,1-3H3,(H,18,19);1H. The van der Waals surface area contributed by atoms with E-state index < -0.39 is 0 Å². The van der Waals surface area contributed by atoms with Crippen LogP contribution in [0, 0.1) is 5.41 Å². The number of guanidine groups is 1. The van der Waals surface area contributed by atoms with Crippen molar-refractivity contribution in [2.45, 2.75) is 33.2 Å².